The van der Waals surface area contributed by atoms with E-state index in [-0.39, 0.29) is 11.5 Å². The van der Waals surface area contributed by atoms with Gasteiger partial charge in [-0.3, -0.25) is 0 Å². The molecule has 2 fully saturated rings. The Morgan fingerprint density at radius 2 is 1.64 bits per heavy atom. The van der Waals surface area contributed by atoms with Crippen LogP contribution in [0.2, 0.25) is 0 Å². The Hall–Kier alpha value is -0.300. The second kappa shape index (κ2) is 7.02. The lowest BCUT2D eigenvalue weighted by atomic mass is 9.69. The molecule has 4 rings (SSSR count). The molecule has 0 amide bonds. The first-order valence-corrected chi connectivity index (χ1v) is 10.6. The first-order chi connectivity index (χ1) is 12.0. The normalized spacial score (nSPS) is 37.7. The summed E-state index contributed by atoms with van der Waals surface area (Å²) in [6.45, 7) is 0.819. The van der Waals surface area contributed by atoms with Gasteiger partial charge in [0, 0.05) is 5.92 Å². The minimum Gasteiger partial charge on any atom is -0.368 e. The Morgan fingerprint density at radius 3 is 2.28 bits per heavy atom. The van der Waals surface area contributed by atoms with Crippen LogP contribution in [-0.2, 0) is 17.1 Å². The molecule has 0 radical (unpaired) electrons. The summed E-state index contributed by atoms with van der Waals surface area (Å²) in [6, 6.07) is 4.38. The molecule has 1 aromatic carbocycles. The highest BCUT2D eigenvalue weighted by Gasteiger charge is 2.53. The average molecular weight is 464 g/mol. The van der Waals surface area contributed by atoms with E-state index in [2.05, 4.69) is 22.6 Å². The molecule has 0 N–H and O–H groups in total. The molecule has 1 nitrogen and oxygen atoms in total. The molecule has 138 valence electrons. The average Bonchev–Trinajstić information content (AvgIpc) is 2.88. The third-order valence-corrected chi connectivity index (χ3v) is 7.63. The number of halogens is 4. The Labute approximate surface area is 160 Å². The van der Waals surface area contributed by atoms with Gasteiger partial charge in [-0.1, -0.05) is 34.7 Å². The van der Waals surface area contributed by atoms with Crippen LogP contribution in [0.1, 0.15) is 49.7 Å². The highest BCUT2D eigenvalue weighted by molar-refractivity contribution is 14.1. The molecular formula is C20H24F3IO. The summed E-state index contributed by atoms with van der Waals surface area (Å²) in [5.74, 6) is -3.31. The predicted octanol–water partition coefficient (Wildman–Crippen LogP) is 6.08. The lowest BCUT2D eigenvalue weighted by Gasteiger charge is -2.39. The van der Waals surface area contributed by atoms with E-state index in [1.54, 1.807) is 12.1 Å². The van der Waals surface area contributed by atoms with Crippen molar-refractivity contribution in [3.63, 3.8) is 0 Å². The highest BCUT2D eigenvalue weighted by atomic mass is 127. The van der Waals surface area contributed by atoms with E-state index < -0.39 is 17.7 Å². The van der Waals surface area contributed by atoms with Crippen LogP contribution < -0.4 is 0 Å². The second-order valence-electron chi connectivity index (χ2n) is 7.96. The molecule has 25 heavy (non-hydrogen) atoms. The molecule has 1 saturated carbocycles. The van der Waals surface area contributed by atoms with Crippen molar-refractivity contribution in [2.75, 3.05) is 6.61 Å². The fourth-order valence-corrected chi connectivity index (χ4v) is 5.82. The van der Waals surface area contributed by atoms with E-state index in [1.165, 1.54) is 6.42 Å². The summed E-state index contributed by atoms with van der Waals surface area (Å²) in [7, 11) is 0. The number of hydrogen-bond donors (Lipinski definition) is 0. The molecule has 3 aliphatic rings. The van der Waals surface area contributed by atoms with E-state index in [9.17, 15) is 13.2 Å². The number of alkyl halides is 3. The lowest BCUT2D eigenvalue weighted by molar-refractivity contribution is -0.0869. The zero-order valence-corrected chi connectivity index (χ0v) is 16.4. The fourth-order valence-electron chi connectivity index (χ4n) is 5.26. The monoisotopic (exact) mass is 464 g/mol. The zero-order valence-electron chi connectivity index (χ0n) is 14.2. The van der Waals surface area contributed by atoms with Gasteiger partial charge in [0.15, 0.2) is 0 Å². The second-order valence-corrected chi connectivity index (χ2v) is 9.35. The van der Waals surface area contributed by atoms with Crippen molar-refractivity contribution < 1.29 is 17.9 Å². The maximum atomic E-state index is 14.9. The van der Waals surface area contributed by atoms with E-state index in [0.29, 0.717) is 27.9 Å². The van der Waals surface area contributed by atoms with Gasteiger partial charge in [-0.15, -0.1) is 0 Å². The maximum Gasteiger partial charge on any atom is 0.279 e. The van der Waals surface area contributed by atoms with Crippen molar-refractivity contribution in [2.24, 2.45) is 23.7 Å². The van der Waals surface area contributed by atoms with Crippen molar-refractivity contribution in [1.82, 2.24) is 0 Å². The van der Waals surface area contributed by atoms with Gasteiger partial charge in [0.05, 0.1) is 12.2 Å². The summed E-state index contributed by atoms with van der Waals surface area (Å²) in [5, 5.41) is 0. The van der Waals surface area contributed by atoms with Gasteiger partial charge in [-0.2, -0.15) is 0 Å². The Kier molecular flexibility index (Phi) is 5.08. The number of benzene rings is 1. The molecule has 3 unspecified atom stereocenters. The lowest BCUT2D eigenvalue weighted by Crippen LogP contribution is -2.35. The molecule has 1 aromatic rings. The largest absolute Gasteiger partial charge is 0.368 e. The van der Waals surface area contributed by atoms with Crippen molar-refractivity contribution in [1.29, 1.82) is 0 Å². The molecule has 1 heterocycles. The zero-order chi connectivity index (χ0) is 17.6. The number of rotatable bonds is 2. The molecule has 1 aliphatic heterocycles. The smallest absolute Gasteiger partial charge is 0.279 e. The van der Waals surface area contributed by atoms with E-state index in [4.69, 9.17) is 4.74 Å². The number of fused-ring (bicyclic) bond motifs is 1. The summed E-state index contributed by atoms with van der Waals surface area (Å²) in [5.41, 5.74) is 0.168. The van der Waals surface area contributed by atoms with Crippen LogP contribution >= 0.6 is 22.6 Å². The SMILES string of the molecule is Fc1cccc2c1C(F)(F)C(C1CCC(C3CCC(I)OC3)CC1)C2. The Balaban J connectivity index is 1.41. The summed E-state index contributed by atoms with van der Waals surface area (Å²) >= 11 is 2.34. The van der Waals surface area contributed by atoms with Gasteiger partial charge in [0.1, 0.15) is 9.93 Å². The minimum absolute atomic E-state index is 0.000109. The topological polar surface area (TPSA) is 9.23 Å². The van der Waals surface area contributed by atoms with Crippen molar-refractivity contribution in [2.45, 2.75) is 55.0 Å². The fraction of sp³-hybridized carbons (Fsp3) is 0.700. The summed E-state index contributed by atoms with van der Waals surface area (Å²) in [4.78, 5) is 0. The van der Waals surface area contributed by atoms with Gasteiger partial charge < -0.3 is 4.74 Å². The standard InChI is InChI=1S/C20H24F3IO/c21-17-3-1-2-14-10-16(20(22,23)19(14)17)13-6-4-12(5-7-13)15-8-9-18(24)25-11-15/h1-3,12-13,15-16,18H,4-11H2. The molecule has 0 spiro atoms. The van der Waals surface area contributed by atoms with E-state index >= 15 is 0 Å². The summed E-state index contributed by atoms with van der Waals surface area (Å²) in [6.07, 6.45) is 6.31. The maximum absolute atomic E-state index is 14.9. The number of ether oxygens (including phenoxy) is 1. The molecule has 0 aromatic heterocycles. The van der Waals surface area contributed by atoms with Gasteiger partial charge in [0.2, 0.25) is 0 Å². The van der Waals surface area contributed by atoms with E-state index in [1.807, 2.05) is 0 Å². The predicted molar refractivity (Wildman–Crippen MR) is 99.4 cm³/mol. The Morgan fingerprint density at radius 1 is 0.960 bits per heavy atom. The molecule has 5 heteroatoms. The first-order valence-electron chi connectivity index (χ1n) is 9.38. The summed E-state index contributed by atoms with van der Waals surface area (Å²) < 4.78 is 49.8. The van der Waals surface area contributed by atoms with Crippen LogP contribution in [0.4, 0.5) is 13.2 Å². The third-order valence-electron chi connectivity index (χ3n) is 6.65. The van der Waals surface area contributed by atoms with Gasteiger partial charge in [0.25, 0.3) is 5.92 Å². The van der Waals surface area contributed by atoms with Crippen LogP contribution in [0.15, 0.2) is 18.2 Å². The molecular weight excluding hydrogens is 440 g/mol. The molecule has 3 atom stereocenters. The van der Waals surface area contributed by atoms with Crippen molar-refractivity contribution in [3.05, 3.63) is 35.1 Å². The van der Waals surface area contributed by atoms with Crippen LogP contribution in [0.5, 0.6) is 0 Å². The van der Waals surface area contributed by atoms with Crippen LogP contribution in [-0.4, -0.2) is 10.7 Å². The van der Waals surface area contributed by atoms with Crippen molar-refractivity contribution in [3.8, 4) is 0 Å². The van der Waals surface area contributed by atoms with Crippen LogP contribution in [0.25, 0.3) is 0 Å². The Bertz CT molecular complexity index is 619. The minimum atomic E-state index is -3.03. The van der Waals surface area contributed by atoms with Crippen LogP contribution in [0.3, 0.4) is 0 Å². The van der Waals surface area contributed by atoms with Gasteiger partial charge in [-0.05, 0) is 74.3 Å². The van der Waals surface area contributed by atoms with Gasteiger partial charge >= 0.3 is 0 Å². The van der Waals surface area contributed by atoms with E-state index in [0.717, 1.165) is 44.8 Å². The molecule has 0 bridgehead atoms. The van der Waals surface area contributed by atoms with Crippen molar-refractivity contribution >= 4 is 22.6 Å². The molecule has 1 saturated heterocycles. The quantitative estimate of drug-likeness (QED) is 0.381. The molecule has 2 aliphatic carbocycles. The van der Waals surface area contributed by atoms with Gasteiger partial charge in [-0.25, -0.2) is 13.2 Å². The van der Waals surface area contributed by atoms with Crippen LogP contribution in [0, 0.1) is 29.5 Å². The third kappa shape index (κ3) is 3.35. The first kappa shape index (κ1) is 18.1. The number of hydrogen-bond acceptors (Lipinski definition) is 1. The highest BCUT2D eigenvalue weighted by Crippen LogP contribution is 2.53.